The monoisotopic (exact) mass is 388 g/mol. The minimum atomic E-state index is 0.410. The number of oxazole rings is 1. The van der Waals surface area contributed by atoms with Gasteiger partial charge in [0.1, 0.15) is 0 Å². The molecule has 27 heavy (non-hydrogen) atoms. The molecule has 1 heterocycles. The molecule has 0 aliphatic heterocycles. The third-order valence-electron chi connectivity index (χ3n) is 4.06. The van der Waals surface area contributed by atoms with E-state index >= 15 is 0 Å². The molecule has 142 valence electrons. The Kier molecular flexibility index (Phi) is 5.76. The van der Waals surface area contributed by atoms with Crippen LogP contribution in [0.25, 0.3) is 11.3 Å². The molecule has 3 rings (SSSR count). The van der Waals surface area contributed by atoms with Gasteiger partial charge in [0.05, 0.1) is 33.6 Å². The summed E-state index contributed by atoms with van der Waals surface area (Å²) in [5.41, 5.74) is 2.55. The third-order valence-corrected chi connectivity index (χ3v) is 4.31. The first-order chi connectivity index (χ1) is 13.0. The van der Waals surface area contributed by atoms with Gasteiger partial charge in [-0.1, -0.05) is 11.6 Å². The standard InChI is InChI=1S/C20H21ClN2O4/c1-12-19(13-5-7-14(21)8-6-13)27-18(23-12)11-22-15-9-16(24-2)20(26-4)17(10-15)25-3/h5-10,22H,11H2,1-4H3. The first-order valence-corrected chi connectivity index (χ1v) is 8.69. The number of ether oxygens (including phenoxy) is 3. The van der Waals surface area contributed by atoms with Gasteiger partial charge in [0, 0.05) is 28.4 Å². The fourth-order valence-electron chi connectivity index (χ4n) is 2.76. The van der Waals surface area contributed by atoms with E-state index in [1.165, 1.54) is 0 Å². The lowest BCUT2D eigenvalue weighted by atomic mass is 10.1. The molecule has 6 nitrogen and oxygen atoms in total. The minimum absolute atomic E-state index is 0.410. The predicted octanol–water partition coefficient (Wildman–Crippen LogP) is 4.94. The number of nitrogens with one attached hydrogen (secondary N) is 1. The number of aryl methyl sites for hydroxylation is 1. The van der Waals surface area contributed by atoms with Crippen LogP contribution in [0.3, 0.4) is 0 Å². The fourth-order valence-corrected chi connectivity index (χ4v) is 2.88. The van der Waals surface area contributed by atoms with Crippen molar-refractivity contribution in [3.8, 4) is 28.6 Å². The molecule has 0 atom stereocenters. The van der Waals surface area contributed by atoms with Crippen LogP contribution in [-0.2, 0) is 6.54 Å². The van der Waals surface area contributed by atoms with Crippen LogP contribution in [0.4, 0.5) is 5.69 Å². The molecule has 0 saturated heterocycles. The van der Waals surface area contributed by atoms with Crippen molar-refractivity contribution in [2.24, 2.45) is 0 Å². The Morgan fingerprint density at radius 2 is 1.63 bits per heavy atom. The van der Waals surface area contributed by atoms with Crippen LogP contribution in [0.5, 0.6) is 17.2 Å². The van der Waals surface area contributed by atoms with E-state index in [4.69, 9.17) is 30.2 Å². The summed E-state index contributed by atoms with van der Waals surface area (Å²) in [6.07, 6.45) is 0. The molecule has 7 heteroatoms. The van der Waals surface area contributed by atoms with Crippen molar-refractivity contribution in [3.05, 3.63) is 53.0 Å². The number of aromatic nitrogens is 1. The van der Waals surface area contributed by atoms with E-state index in [-0.39, 0.29) is 0 Å². The van der Waals surface area contributed by atoms with Crippen molar-refractivity contribution in [2.45, 2.75) is 13.5 Å². The number of methoxy groups -OCH3 is 3. The van der Waals surface area contributed by atoms with Gasteiger partial charge >= 0.3 is 0 Å². The van der Waals surface area contributed by atoms with Crippen LogP contribution < -0.4 is 19.5 Å². The SMILES string of the molecule is COc1cc(NCc2nc(C)c(-c3ccc(Cl)cc3)o2)cc(OC)c1OC. The highest BCUT2D eigenvalue weighted by Crippen LogP contribution is 2.40. The summed E-state index contributed by atoms with van der Waals surface area (Å²) in [5.74, 6) is 3.00. The molecule has 0 bridgehead atoms. The van der Waals surface area contributed by atoms with Crippen LogP contribution in [0.2, 0.25) is 5.02 Å². The summed E-state index contributed by atoms with van der Waals surface area (Å²) in [6.45, 7) is 2.32. The Labute approximate surface area is 163 Å². The van der Waals surface area contributed by atoms with Crippen molar-refractivity contribution in [1.82, 2.24) is 4.98 Å². The van der Waals surface area contributed by atoms with Gasteiger partial charge in [0.2, 0.25) is 11.6 Å². The molecule has 3 aromatic rings. The second-order valence-corrected chi connectivity index (χ2v) is 6.23. The summed E-state index contributed by atoms with van der Waals surface area (Å²) in [7, 11) is 4.73. The third kappa shape index (κ3) is 4.11. The van der Waals surface area contributed by atoms with Gasteiger partial charge in [0.15, 0.2) is 17.3 Å². The van der Waals surface area contributed by atoms with Gasteiger partial charge in [0.25, 0.3) is 0 Å². The molecule has 2 aromatic carbocycles. The van der Waals surface area contributed by atoms with Crippen LogP contribution in [0.1, 0.15) is 11.6 Å². The number of benzene rings is 2. The number of halogens is 1. The van der Waals surface area contributed by atoms with Gasteiger partial charge in [-0.25, -0.2) is 4.98 Å². The summed E-state index contributed by atoms with van der Waals surface area (Å²) in [5, 5.41) is 3.95. The molecule has 0 spiro atoms. The maximum absolute atomic E-state index is 5.95. The maximum Gasteiger partial charge on any atom is 0.214 e. The number of anilines is 1. The van der Waals surface area contributed by atoms with Gasteiger partial charge < -0.3 is 23.9 Å². The first kappa shape index (κ1) is 18.9. The Morgan fingerprint density at radius 1 is 1.00 bits per heavy atom. The Bertz CT molecular complexity index is 897. The van der Waals surface area contributed by atoms with Crippen LogP contribution >= 0.6 is 11.6 Å². The Hall–Kier alpha value is -2.86. The van der Waals surface area contributed by atoms with Crippen molar-refractivity contribution >= 4 is 17.3 Å². The quantitative estimate of drug-likeness (QED) is 0.618. The van der Waals surface area contributed by atoms with E-state index in [0.717, 1.165) is 22.7 Å². The number of hydrogen-bond acceptors (Lipinski definition) is 6. The molecule has 1 N–H and O–H groups in total. The van der Waals surface area contributed by atoms with Crippen molar-refractivity contribution in [1.29, 1.82) is 0 Å². The van der Waals surface area contributed by atoms with Crippen LogP contribution in [-0.4, -0.2) is 26.3 Å². The van der Waals surface area contributed by atoms with Crippen molar-refractivity contribution in [2.75, 3.05) is 26.6 Å². The molecule has 0 radical (unpaired) electrons. The molecule has 0 unspecified atom stereocenters. The molecule has 1 aromatic heterocycles. The first-order valence-electron chi connectivity index (χ1n) is 8.31. The summed E-state index contributed by atoms with van der Waals surface area (Å²) in [4.78, 5) is 4.49. The molecular formula is C20H21ClN2O4. The van der Waals surface area contributed by atoms with E-state index in [2.05, 4.69) is 10.3 Å². The van der Waals surface area contributed by atoms with E-state index in [0.29, 0.717) is 34.7 Å². The molecule has 0 aliphatic carbocycles. The second kappa shape index (κ2) is 8.22. The van der Waals surface area contributed by atoms with E-state index in [1.807, 2.05) is 43.3 Å². The summed E-state index contributed by atoms with van der Waals surface area (Å²) in [6, 6.07) is 11.1. The fraction of sp³-hybridized carbons (Fsp3) is 0.250. The van der Waals surface area contributed by atoms with E-state index in [9.17, 15) is 0 Å². The summed E-state index contributed by atoms with van der Waals surface area (Å²) < 4.78 is 22.0. The van der Waals surface area contributed by atoms with E-state index in [1.54, 1.807) is 21.3 Å². The predicted molar refractivity (Wildman–Crippen MR) is 105 cm³/mol. The highest BCUT2D eigenvalue weighted by molar-refractivity contribution is 6.30. The molecule has 0 aliphatic rings. The zero-order valence-electron chi connectivity index (χ0n) is 15.6. The molecule has 0 amide bonds. The minimum Gasteiger partial charge on any atom is -0.493 e. The second-order valence-electron chi connectivity index (χ2n) is 5.80. The largest absolute Gasteiger partial charge is 0.493 e. The lowest BCUT2D eigenvalue weighted by Crippen LogP contribution is -2.02. The van der Waals surface area contributed by atoms with Gasteiger partial charge in [-0.15, -0.1) is 0 Å². The average Bonchev–Trinajstić information content (AvgIpc) is 3.06. The van der Waals surface area contributed by atoms with E-state index < -0.39 is 0 Å². The summed E-state index contributed by atoms with van der Waals surface area (Å²) >= 11 is 5.95. The Balaban J connectivity index is 1.79. The normalized spacial score (nSPS) is 10.6. The lowest BCUT2D eigenvalue weighted by Gasteiger charge is -2.14. The Morgan fingerprint density at radius 3 is 2.19 bits per heavy atom. The van der Waals surface area contributed by atoms with Gasteiger partial charge in [-0.05, 0) is 31.2 Å². The zero-order valence-corrected chi connectivity index (χ0v) is 16.4. The highest BCUT2D eigenvalue weighted by atomic mass is 35.5. The topological polar surface area (TPSA) is 65.8 Å². The zero-order chi connectivity index (χ0) is 19.4. The van der Waals surface area contributed by atoms with Gasteiger partial charge in [-0.3, -0.25) is 0 Å². The molecule has 0 fully saturated rings. The van der Waals surface area contributed by atoms with Crippen molar-refractivity contribution in [3.63, 3.8) is 0 Å². The number of hydrogen-bond donors (Lipinski definition) is 1. The molecule has 0 saturated carbocycles. The smallest absolute Gasteiger partial charge is 0.214 e. The lowest BCUT2D eigenvalue weighted by molar-refractivity contribution is 0.324. The van der Waals surface area contributed by atoms with Crippen LogP contribution in [0, 0.1) is 6.92 Å². The van der Waals surface area contributed by atoms with Gasteiger partial charge in [-0.2, -0.15) is 0 Å². The van der Waals surface area contributed by atoms with Crippen LogP contribution in [0.15, 0.2) is 40.8 Å². The number of nitrogens with zero attached hydrogens (tertiary/aromatic N) is 1. The number of rotatable bonds is 7. The van der Waals surface area contributed by atoms with Crippen molar-refractivity contribution < 1.29 is 18.6 Å². The maximum atomic E-state index is 5.95. The average molecular weight is 389 g/mol. The highest BCUT2D eigenvalue weighted by Gasteiger charge is 2.15. The molecular weight excluding hydrogens is 368 g/mol.